The molecule has 9 atom stereocenters. The standard InChI is InChI=1S/C37H52O12Si/c1-10-50(11-2,12-3)49-28-27-21(4)24(39)19-37(43,34(27,6)7)31(47-32(41)23-16-14-13-15-17-23)29-35(8,30(28)40)25(46-33(42)44-9)18-26-36(29,20-45-26)48-22(5)38/h13-17,24-26,28-29,31,39,43H,10-12,18-20H2,1-9H3/t24-,25-,26+,28+,29?,31-,35+,36-,37+/m0/s1. The first-order valence-corrected chi connectivity index (χ1v) is 20.1. The van der Waals surface area contributed by atoms with Crippen LogP contribution in [-0.2, 0) is 37.7 Å². The highest BCUT2D eigenvalue weighted by Crippen LogP contribution is 2.65. The van der Waals surface area contributed by atoms with Crippen LogP contribution in [0.1, 0.15) is 78.6 Å². The van der Waals surface area contributed by atoms with E-state index < -0.39 is 90.7 Å². The first-order valence-electron chi connectivity index (χ1n) is 17.6. The molecule has 1 heterocycles. The molecule has 3 fully saturated rings. The van der Waals surface area contributed by atoms with Gasteiger partial charge >= 0.3 is 18.1 Å². The van der Waals surface area contributed by atoms with E-state index in [-0.39, 0.29) is 25.0 Å². The molecule has 0 aromatic heterocycles. The summed E-state index contributed by atoms with van der Waals surface area (Å²) in [5.74, 6) is -3.32. The molecular weight excluding hydrogens is 664 g/mol. The maximum absolute atomic E-state index is 15.9. The summed E-state index contributed by atoms with van der Waals surface area (Å²) in [4.78, 5) is 55.8. The van der Waals surface area contributed by atoms with Gasteiger partial charge in [-0.15, -0.1) is 0 Å². The number of methoxy groups -OCH3 is 1. The maximum atomic E-state index is 15.9. The third kappa shape index (κ3) is 5.64. The number of aliphatic hydroxyl groups is 2. The molecule has 5 rings (SSSR count). The SMILES string of the molecule is CC[Si](CC)(CC)O[C@H]1C(=O)[C@@]2(C)C([C@H](OC(=O)c3ccccc3)[C@]3(O)C[C@H](O)C(C)=C1C3(C)C)[C@]1(OC(C)=O)CO[C@@H]1C[C@@H]2OC(=O)OC. The van der Waals surface area contributed by atoms with Crippen molar-refractivity contribution in [3.63, 3.8) is 0 Å². The number of ether oxygens (including phenoxy) is 5. The molecule has 276 valence electrons. The van der Waals surface area contributed by atoms with Crippen LogP contribution < -0.4 is 0 Å². The van der Waals surface area contributed by atoms with Crippen LogP contribution in [-0.4, -0.2) is 97.8 Å². The van der Waals surface area contributed by atoms with Gasteiger partial charge in [-0.05, 0) is 55.3 Å². The number of esters is 2. The lowest BCUT2D eigenvalue weighted by atomic mass is 9.44. The Hall–Kier alpha value is -3.10. The van der Waals surface area contributed by atoms with Gasteiger partial charge in [0.25, 0.3) is 0 Å². The molecule has 1 aliphatic heterocycles. The number of benzene rings is 1. The summed E-state index contributed by atoms with van der Waals surface area (Å²) in [7, 11) is -1.47. The molecule has 2 saturated carbocycles. The van der Waals surface area contributed by atoms with Gasteiger partial charge in [-0.3, -0.25) is 9.59 Å². The number of ketones is 1. The lowest BCUT2D eigenvalue weighted by Crippen LogP contribution is -2.82. The fraction of sp³-hybridized carbons (Fsp3) is 0.676. The van der Waals surface area contributed by atoms with E-state index in [0.29, 0.717) is 29.3 Å². The van der Waals surface area contributed by atoms with Crippen molar-refractivity contribution in [2.24, 2.45) is 16.7 Å². The molecule has 0 radical (unpaired) electrons. The third-order valence-electron chi connectivity index (χ3n) is 12.6. The van der Waals surface area contributed by atoms with E-state index in [4.69, 9.17) is 28.1 Å². The van der Waals surface area contributed by atoms with Gasteiger partial charge < -0.3 is 38.3 Å². The average Bonchev–Trinajstić information content (AvgIpc) is 3.08. The fourth-order valence-electron chi connectivity index (χ4n) is 9.30. The molecule has 0 amide bonds. The molecule has 4 aliphatic rings. The lowest BCUT2D eigenvalue weighted by molar-refractivity contribution is -0.345. The Morgan fingerprint density at radius 1 is 1.02 bits per heavy atom. The molecule has 1 aromatic carbocycles. The minimum Gasteiger partial charge on any atom is -0.455 e. The molecule has 2 N–H and O–H groups in total. The van der Waals surface area contributed by atoms with E-state index in [1.807, 2.05) is 20.8 Å². The number of fused-ring (bicyclic) bond motifs is 5. The Morgan fingerprint density at radius 3 is 2.16 bits per heavy atom. The molecular formula is C37H52O12Si. The van der Waals surface area contributed by atoms with Crippen LogP contribution in [0.2, 0.25) is 18.1 Å². The van der Waals surface area contributed by atoms with Crippen LogP contribution >= 0.6 is 0 Å². The zero-order chi connectivity index (χ0) is 37.0. The van der Waals surface area contributed by atoms with E-state index in [0.717, 1.165) is 7.11 Å². The first kappa shape index (κ1) is 38.1. The third-order valence-corrected chi connectivity index (χ3v) is 17.2. The molecule has 1 unspecified atom stereocenters. The Bertz CT molecular complexity index is 1530. The lowest BCUT2D eigenvalue weighted by Gasteiger charge is -2.67. The number of aliphatic hydroxyl groups excluding tert-OH is 1. The molecule has 12 nitrogen and oxygen atoms in total. The van der Waals surface area contributed by atoms with Gasteiger partial charge in [-0.1, -0.05) is 52.8 Å². The van der Waals surface area contributed by atoms with E-state index in [1.54, 1.807) is 58.0 Å². The monoisotopic (exact) mass is 716 g/mol. The van der Waals surface area contributed by atoms with E-state index in [2.05, 4.69) is 0 Å². The Balaban J connectivity index is 1.89. The largest absolute Gasteiger partial charge is 0.508 e. The molecule has 2 bridgehead atoms. The van der Waals surface area contributed by atoms with E-state index in [1.165, 1.54) is 6.92 Å². The topological polar surface area (TPSA) is 164 Å². The summed E-state index contributed by atoms with van der Waals surface area (Å²) in [6.07, 6.45) is -7.67. The van der Waals surface area contributed by atoms with Crippen molar-refractivity contribution in [1.29, 1.82) is 0 Å². The van der Waals surface area contributed by atoms with Crippen molar-refractivity contribution in [2.75, 3.05) is 13.7 Å². The van der Waals surface area contributed by atoms with Crippen molar-refractivity contribution in [3.05, 3.63) is 47.0 Å². The van der Waals surface area contributed by atoms with E-state index in [9.17, 15) is 24.6 Å². The van der Waals surface area contributed by atoms with Gasteiger partial charge in [0.2, 0.25) is 0 Å². The quantitative estimate of drug-likeness (QED) is 0.154. The Morgan fingerprint density at radius 2 is 1.64 bits per heavy atom. The minimum atomic E-state index is -2.63. The second-order valence-electron chi connectivity index (χ2n) is 15.1. The normalized spacial score (nSPS) is 36.1. The van der Waals surface area contributed by atoms with Crippen LogP contribution in [0.15, 0.2) is 41.5 Å². The maximum Gasteiger partial charge on any atom is 0.508 e. The van der Waals surface area contributed by atoms with Gasteiger partial charge in [0.1, 0.15) is 30.0 Å². The Kier molecular flexibility index (Phi) is 10.3. The highest BCUT2D eigenvalue weighted by atomic mass is 28.4. The predicted octanol–water partition coefficient (Wildman–Crippen LogP) is 4.90. The highest BCUT2D eigenvalue weighted by molar-refractivity contribution is 6.73. The predicted molar refractivity (Wildman–Crippen MR) is 183 cm³/mol. The number of carbonyl (C=O) groups is 4. The number of hydrogen-bond donors (Lipinski definition) is 2. The van der Waals surface area contributed by atoms with Gasteiger partial charge in [0.15, 0.2) is 19.7 Å². The van der Waals surface area contributed by atoms with Crippen LogP contribution in [0.5, 0.6) is 0 Å². The minimum absolute atomic E-state index is 0.0619. The van der Waals surface area contributed by atoms with E-state index >= 15 is 4.79 Å². The van der Waals surface area contributed by atoms with Crippen molar-refractivity contribution < 1.29 is 57.5 Å². The van der Waals surface area contributed by atoms with Crippen LogP contribution in [0.25, 0.3) is 0 Å². The van der Waals surface area contributed by atoms with Gasteiger partial charge in [-0.25, -0.2) is 9.59 Å². The molecule has 50 heavy (non-hydrogen) atoms. The van der Waals surface area contributed by atoms with Crippen LogP contribution in [0, 0.1) is 16.7 Å². The summed E-state index contributed by atoms with van der Waals surface area (Å²) in [5, 5.41) is 25.1. The number of Topliss-reactive ketones (excluding diaryl/α,β-unsaturated/α-hetero) is 1. The zero-order valence-corrected chi connectivity index (χ0v) is 31.6. The average molecular weight is 717 g/mol. The smallest absolute Gasteiger partial charge is 0.455 e. The van der Waals surface area contributed by atoms with Crippen LogP contribution in [0.3, 0.4) is 0 Å². The molecule has 0 spiro atoms. The summed E-state index contributed by atoms with van der Waals surface area (Å²) in [6, 6.07) is 10.3. The zero-order valence-electron chi connectivity index (χ0n) is 30.6. The second-order valence-corrected chi connectivity index (χ2v) is 19.8. The van der Waals surface area contributed by atoms with Crippen molar-refractivity contribution in [2.45, 2.75) is 128 Å². The molecule has 13 heteroatoms. The fourth-order valence-corrected chi connectivity index (χ4v) is 12.0. The van der Waals surface area contributed by atoms with Crippen LogP contribution in [0.4, 0.5) is 4.79 Å². The molecule has 1 aromatic rings. The Labute approximate surface area is 294 Å². The highest BCUT2D eigenvalue weighted by Gasteiger charge is 2.79. The number of rotatable bonds is 9. The molecule has 1 saturated heterocycles. The summed E-state index contributed by atoms with van der Waals surface area (Å²) >= 11 is 0. The second kappa shape index (κ2) is 13.5. The van der Waals surface area contributed by atoms with Gasteiger partial charge in [0, 0.05) is 25.2 Å². The summed E-state index contributed by atoms with van der Waals surface area (Å²) in [6.45, 7) is 14.0. The number of carbonyl (C=O) groups excluding carboxylic acids is 4. The van der Waals surface area contributed by atoms with Gasteiger partial charge in [-0.2, -0.15) is 0 Å². The summed E-state index contributed by atoms with van der Waals surface area (Å²) in [5.41, 5.74) is -5.79. The summed E-state index contributed by atoms with van der Waals surface area (Å²) < 4.78 is 36.5. The van der Waals surface area contributed by atoms with Crippen molar-refractivity contribution in [1.82, 2.24) is 0 Å². The molecule has 3 aliphatic carbocycles. The van der Waals surface area contributed by atoms with Gasteiger partial charge in [0.05, 0.1) is 36.7 Å². The van der Waals surface area contributed by atoms with Crippen molar-refractivity contribution in [3.8, 4) is 0 Å². The number of hydrogen-bond acceptors (Lipinski definition) is 12. The first-order chi connectivity index (χ1) is 23.4. The van der Waals surface area contributed by atoms with Crippen molar-refractivity contribution >= 4 is 32.2 Å².